The number of amides is 2. The van der Waals surface area contributed by atoms with Crippen LogP contribution in [-0.4, -0.2) is 18.0 Å². The number of carbonyl (C=O) groups is 2. The molecule has 4 aromatic carbocycles. The first-order valence-electron chi connectivity index (χ1n) is 12.1. The molecule has 2 atom stereocenters. The number of hydrogen-bond acceptors (Lipinski definition) is 3. The van der Waals surface area contributed by atoms with Gasteiger partial charge in [-0.05, 0) is 52.6 Å². The highest BCUT2D eigenvalue weighted by Crippen LogP contribution is 2.64. The van der Waals surface area contributed by atoms with Crippen molar-refractivity contribution in [2.24, 2.45) is 16.8 Å². The van der Waals surface area contributed by atoms with Gasteiger partial charge in [0, 0.05) is 16.6 Å². The van der Waals surface area contributed by atoms with E-state index in [0.29, 0.717) is 10.7 Å². The van der Waals surface area contributed by atoms with Gasteiger partial charge in [-0.2, -0.15) is 0 Å². The molecule has 2 amide bonds. The summed E-state index contributed by atoms with van der Waals surface area (Å²) < 4.78 is 0.919. The van der Waals surface area contributed by atoms with E-state index in [2.05, 4.69) is 40.2 Å². The molecule has 4 nitrogen and oxygen atoms in total. The number of carbonyl (C=O) groups excluding carboxylic acids is 2. The van der Waals surface area contributed by atoms with Gasteiger partial charge in [0.05, 0.1) is 33.6 Å². The lowest BCUT2D eigenvalue weighted by Gasteiger charge is -2.52. The first-order valence-corrected chi connectivity index (χ1v) is 13.3. The van der Waals surface area contributed by atoms with Gasteiger partial charge < -0.3 is 0 Å². The summed E-state index contributed by atoms with van der Waals surface area (Å²) in [5, 5.41) is 0.377. The molecule has 0 N–H and O–H groups in total. The molecule has 4 aliphatic rings. The van der Waals surface area contributed by atoms with Crippen LogP contribution in [0.2, 0.25) is 5.02 Å². The molecule has 0 unspecified atom stereocenters. The highest BCUT2D eigenvalue weighted by atomic mass is 79.9. The lowest BCUT2D eigenvalue weighted by molar-refractivity contribution is -0.122. The Morgan fingerprint density at radius 3 is 2.14 bits per heavy atom. The molecule has 1 aliphatic heterocycles. The van der Waals surface area contributed by atoms with Crippen molar-refractivity contribution < 1.29 is 9.59 Å². The summed E-state index contributed by atoms with van der Waals surface area (Å²) in [5.41, 5.74) is 4.50. The maximum Gasteiger partial charge on any atom is 0.239 e. The van der Waals surface area contributed by atoms with E-state index in [9.17, 15) is 9.59 Å². The summed E-state index contributed by atoms with van der Waals surface area (Å²) in [4.78, 5) is 34.8. The standard InChI is InChI=1S/C31H20BrClN2O2/c32-18-8-7-9-19(16-18)34-17-31-22-12-3-1-10-20(22)26(21-11-2-4-13-23(21)31)27-28(31)30(37)35(29(27)36)25-15-6-5-14-24(25)33/h1-17,26-28H/t26?,27-,28-,31?/m0/s1. The predicted octanol–water partition coefficient (Wildman–Crippen LogP) is 7.06. The molecular formula is C31H20BrClN2O2. The van der Waals surface area contributed by atoms with Gasteiger partial charge in [0.15, 0.2) is 0 Å². The normalized spacial score (nSPS) is 25.4. The number of hydrogen-bond donors (Lipinski definition) is 0. The van der Waals surface area contributed by atoms with Crippen LogP contribution in [0.4, 0.5) is 11.4 Å². The second kappa shape index (κ2) is 8.23. The molecule has 180 valence electrons. The molecule has 1 heterocycles. The van der Waals surface area contributed by atoms with Gasteiger partial charge in [-0.15, -0.1) is 0 Å². The average Bonchev–Trinajstić information content (AvgIpc) is 3.19. The van der Waals surface area contributed by atoms with Crippen molar-refractivity contribution in [3.63, 3.8) is 0 Å². The molecule has 1 saturated heterocycles. The van der Waals surface area contributed by atoms with Crippen LogP contribution in [0.1, 0.15) is 28.2 Å². The fourth-order valence-electron chi connectivity index (χ4n) is 6.65. The fraction of sp³-hybridized carbons (Fsp3) is 0.129. The largest absolute Gasteiger partial charge is 0.274 e. The molecular weight excluding hydrogens is 548 g/mol. The van der Waals surface area contributed by atoms with Gasteiger partial charge in [0.1, 0.15) is 0 Å². The molecule has 2 bridgehead atoms. The summed E-state index contributed by atoms with van der Waals surface area (Å²) in [6.45, 7) is 0. The molecule has 0 radical (unpaired) electrons. The molecule has 0 aromatic heterocycles. The summed E-state index contributed by atoms with van der Waals surface area (Å²) in [6.07, 6.45) is 1.90. The molecule has 1 fully saturated rings. The van der Waals surface area contributed by atoms with E-state index in [0.717, 1.165) is 32.4 Å². The minimum atomic E-state index is -0.905. The topological polar surface area (TPSA) is 49.7 Å². The van der Waals surface area contributed by atoms with Crippen LogP contribution in [0.15, 0.2) is 107 Å². The van der Waals surface area contributed by atoms with E-state index in [1.807, 2.05) is 54.7 Å². The first kappa shape index (κ1) is 22.6. The van der Waals surface area contributed by atoms with Gasteiger partial charge in [0.2, 0.25) is 11.8 Å². The SMILES string of the molecule is O=C1[C@@H]2[C@@H](C(=O)N1c1ccccc1Cl)C1c3ccccc3C2(C=Nc2cccc(Br)c2)c2ccccc21. The van der Waals surface area contributed by atoms with E-state index in [1.165, 1.54) is 4.90 Å². The number of aliphatic imine (C=N–C) groups is 1. The van der Waals surface area contributed by atoms with Gasteiger partial charge in [-0.3, -0.25) is 14.6 Å². The Morgan fingerprint density at radius 1 is 0.811 bits per heavy atom. The summed E-state index contributed by atoms with van der Waals surface area (Å²) >= 11 is 10.0. The number of benzene rings is 4. The Kier molecular flexibility index (Phi) is 5.04. The van der Waals surface area contributed by atoms with Crippen molar-refractivity contribution in [3.8, 4) is 0 Å². The van der Waals surface area contributed by atoms with E-state index in [4.69, 9.17) is 16.6 Å². The molecule has 8 rings (SSSR count). The first-order chi connectivity index (χ1) is 18.0. The Hall–Kier alpha value is -3.54. The van der Waals surface area contributed by atoms with E-state index >= 15 is 0 Å². The zero-order valence-corrected chi connectivity index (χ0v) is 21.9. The van der Waals surface area contributed by atoms with Crippen LogP contribution < -0.4 is 4.90 Å². The van der Waals surface area contributed by atoms with Crippen molar-refractivity contribution in [2.75, 3.05) is 4.90 Å². The highest BCUT2D eigenvalue weighted by Gasteiger charge is 2.68. The monoisotopic (exact) mass is 566 g/mol. The Labute approximate surface area is 227 Å². The Bertz CT molecular complexity index is 1600. The minimum absolute atomic E-state index is 0.211. The second-order valence-electron chi connectivity index (χ2n) is 9.73. The molecule has 4 aromatic rings. The molecule has 6 heteroatoms. The van der Waals surface area contributed by atoms with Crippen molar-refractivity contribution in [1.82, 2.24) is 0 Å². The number of nitrogens with zero attached hydrogens (tertiary/aromatic N) is 2. The maximum absolute atomic E-state index is 14.4. The Morgan fingerprint density at radius 2 is 1.46 bits per heavy atom. The fourth-order valence-corrected chi connectivity index (χ4v) is 7.26. The van der Waals surface area contributed by atoms with Gasteiger partial charge >= 0.3 is 0 Å². The van der Waals surface area contributed by atoms with Crippen LogP contribution in [0.25, 0.3) is 0 Å². The number of halogens is 2. The van der Waals surface area contributed by atoms with Crippen LogP contribution in [-0.2, 0) is 15.0 Å². The molecule has 3 aliphatic carbocycles. The quantitative estimate of drug-likeness (QED) is 0.197. The Balaban J connectivity index is 1.52. The summed E-state index contributed by atoms with van der Waals surface area (Å²) in [6, 6.07) is 31.1. The van der Waals surface area contributed by atoms with Crippen LogP contribution in [0, 0.1) is 11.8 Å². The third-order valence-electron chi connectivity index (χ3n) is 8.00. The number of anilines is 1. The van der Waals surface area contributed by atoms with E-state index in [1.54, 1.807) is 24.3 Å². The smallest absolute Gasteiger partial charge is 0.239 e. The number of para-hydroxylation sites is 1. The van der Waals surface area contributed by atoms with Crippen molar-refractivity contribution in [2.45, 2.75) is 11.3 Å². The lowest BCUT2D eigenvalue weighted by Crippen LogP contribution is -2.54. The number of rotatable bonds is 3. The van der Waals surface area contributed by atoms with Crippen molar-refractivity contribution >= 4 is 56.9 Å². The van der Waals surface area contributed by atoms with Crippen molar-refractivity contribution in [3.05, 3.63) is 129 Å². The van der Waals surface area contributed by atoms with Crippen molar-refractivity contribution in [1.29, 1.82) is 0 Å². The molecule has 37 heavy (non-hydrogen) atoms. The minimum Gasteiger partial charge on any atom is -0.274 e. The lowest BCUT2D eigenvalue weighted by atomic mass is 9.47. The molecule has 0 spiro atoms. The second-order valence-corrected chi connectivity index (χ2v) is 11.0. The van der Waals surface area contributed by atoms with Gasteiger partial charge in [0.25, 0.3) is 0 Å². The van der Waals surface area contributed by atoms with E-state index in [-0.39, 0.29) is 17.7 Å². The van der Waals surface area contributed by atoms with Crippen LogP contribution >= 0.6 is 27.5 Å². The predicted molar refractivity (Wildman–Crippen MR) is 149 cm³/mol. The van der Waals surface area contributed by atoms with Gasteiger partial charge in [-0.25, -0.2) is 4.90 Å². The van der Waals surface area contributed by atoms with Crippen LogP contribution in [0.3, 0.4) is 0 Å². The summed E-state index contributed by atoms with van der Waals surface area (Å²) in [7, 11) is 0. The van der Waals surface area contributed by atoms with E-state index < -0.39 is 17.3 Å². The zero-order chi connectivity index (χ0) is 25.3. The zero-order valence-electron chi connectivity index (χ0n) is 19.5. The summed E-state index contributed by atoms with van der Waals surface area (Å²) in [5.74, 6) is -1.86. The third-order valence-corrected chi connectivity index (χ3v) is 8.82. The van der Waals surface area contributed by atoms with Gasteiger partial charge in [-0.1, -0.05) is 94.3 Å². The average molecular weight is 568 g/mol. The molecule has 0 saturated carbocycles. The van der Waals surface area contributed by atoms with Crippen LogP contribution in [0.5, 0.6) is 0 Å². The maximum atomic E-state index is 14.4. The highest BCUT2D eigenvalue weighted by molar-refractivity contribution is 9.10. The number of imide groups is 1. The third kappa shape index (κ3) is 3.04.